The van der Waals surface area contributed by atoms with Crippen molar-refractivity contribution in [3.05, 3.63) is 11.8 Å². The highest BCUT2D eigenvalue weighted by Crippen LogP contribution is 1.99. The number of halogens is 1. The van der Waals surface area contributed by atoms with E-state index in [1.54, 1.807) is 19.3 Å². The zero-order chi connectivity index (χ0) is 7.56. The minimum atomic E-state index is -0.756. The van der Waals surface area contributed by atoms with Crippen molar-refractivity contribution in [3.63, 3.8) is 0 Å². The van der Waals surface area contributed by atoms with Crippen LogP contribution in [0.1, 0.15) is 15.3 Å². The number of hydrogen-bond acceptors (Lipinski definition) is 3. The molecule has 1 atom stereocenters. The molecular weight excluding hydrogens is 164 g/mol. The van der Waals surface area contributed by atoms with Gasteiger partial charge in [-0.25, -0.2) is 0 Å². The monoisotopic (exact) mass is 175 g/mol. The highest BCUT2D eigenvalue weighted by atomic mass is 35.5. The topological polar surface area (TPSA) is 45.0 Å². The van der Waals surface area contributed by atoms with Crippen LogP contribution in [0.5, 0.6) is 0 Å². The second kappa shape index (κ2) is 4.26. The zero-order valence-electron chi connectivity index (χ0n) is 7.48. The minimum Gasteiger partial charge on any atom is -0.367 e. The Hall–Kier alpha value is -0.670. The summed E-state index contributed by atoms with van der Waals surface area (Å²) in [5.41, 5.74) is 1.59. The Kier molecular flexibility index (Phi) is 4.00. The molecule has 0 fully saturated rings. The van der Waals surface area contributed by atoms with E-state index < -0.39 is 6.23 Å². The summed E-state index contributed by atoms with van der Waals surface area (Å²) in [6, 6.07) is 0. The Bertz CT molecular complexity index is 225. The Morgan fingerprint density at radius 2 is 2.18 bits per heavy atom. The van der Waals surface area contributed by atoms with Gasteiger partial charge in [-0.15, -0.1) is 12.4 Å². The molecule has 3 nitrogen and oxygen atoms in total. The van der Waals surface area contributed by atoms with Gasteiger partial charge in [-0.1, -0.05) is 0 Å². The van der Waals surface area contributed by atoms with E-state index in [1.165, 1.54) is 0 Å². The van der Waals surface area contributed by atoms with Crippen molar-refractivity contribution < 1.29 is 6.53 Å². The van der Waals surface area contributed by atoms with Gasteiger partial charge in [0.25, 0.3) is 0 Å². The lowest BCUT2D eigenvalue weighted by Crippen LogP contribution is -2.12. The summed E-state index contributed by atoms with van der Waals surface area (Å²) >= 11 is 0. The molecule has 1 aliphatic heterocycles. The average Bonchev–Trinajstić information content (AvgIpc) is 2.04. The second-order valence-electron chi connectivity index (χ2n) is 2.30. The predicted molar refractivity (Wildman–Crippen MR) is 49.7 cm³/mol. The minimum absolute atomic E-state index is 0. The first-order valence-electron chi connectivity index (χ1n) is 3.12. The Labute approximate surface area is 73.5 Å². The molecule has 62 valence electrons. The maximum Gasteiger partial charge on any atom is 1.00 e. The highest BCUT2D eigenvalue weighted by Gasteiger charge is 2.04. The van der Waals surface area contributed by atoms with Crippen molar-refractivity contribution in [2.45, 2.75) is 20.1 Å². The van der Waals surface area contributed by atoms with Crippen molar-refractivity contribution in [2.75, 3.05) is 0 Å². The van der Waals surface area contributed by atoms with Crippen LogP contribution >= 0.6 is 12.4 Å². The molecule has 0 aromatic carbocycles. The molecule has 0 aromatic heterocycles. The lowest BCUT2D eigenvalue weighted by Gasteiger charge is -1.99. The molecule has 0 spiro atoms. The molecule has 1 rings (SSSR count). The van der Waals surface area contributed by atoms with Crippen molar-refractivity contribution >= 4 is 24.3 Å². The van der Waals surface area contributed by atoms with Crippen LogP contribution in [0, 0.1) is 0 Å². The molecule has 1 aliphatic rings. The third kappa shape index (κ3) is 2.82. The van der Waals surface area contributed by atoms with Gasteiger partial charge in [0.2, 0.25) is 0 Å². The smallest absolute Gasteiger partial charge is 0.367 e. The van der Waals surface area contributed by atoms with Crippen molar-refractivity contribution in [3.8, 4) is 0 Å². The van der Waals surface area contributed by atoms with Gasteiger partial charge in [0.15, 0.2) is 6.23 Å². The van der Waals surface area contributed by atoms with Gasteiger partial charge in [0.1, 0.15) is 0 Å². The fraction of sp³-hybridized carbons (Fsp3) is 0.429. The SMILES string of the molecule is CC1=CN=C(C)C(O)N=C1.Cl.[H+]. The number of rotatable bonds is 0. The summed E-state index contributed by atoms with van der Waals surface area (Å²) < 4.78 is 0. The third-order valence-electron chi connectivity index (χ3n) is 1.26. The number of aliphatic imine (C=N–C) groups is 2. The lowest BCUT2D eigenvalue weighted by molar-refractivity contribution is 0.252. The van der Waals surface area contributed by atoms with E-state index in [2.05, 4.69) is 9.98 Å². The third-order valence-corrected chi connectivity index (χ3v) is 1.26. The van der Waals surface area contributed by atoms with Gasteiger partial charge >= 0.3 is 1.43 Å². The van der Waals surface area contributed by atoms with E-state index in [9.17, 15) is 0 Å². The molecule has 4 heteroatoms. The van der Waals surface area contributed by atoms with Gasteiger partial charge < -0.3 is 5.11 Å². The summed E-state index contributed by atoms with van der Waals surface area (Å²) in [6.07, 6.45) is 2.55. The standard InChI is InChI=1S/C7H10N2O.ClH/c1-5-3-8-6(2)7(10)9-4-5;/h3-4,7,10H,1-2H3;1H/p+1. The molecule has 0 aromatic rings. The molecule has 11 heavy (non-hydrogen) atoms. The van der Waals surface area contributed by atoms with E-state index in [0.717, 1.165) is 5.57 Å². The number of aliphatic hydroxyl groups is 1. The molecule has 0 aliphatic carbocycles. The first-order chi connectivity index (χ1) is 4.70. The lowest BCUT2D eigenvalue weighted by atomic mass is 10.4. The van der Waals surface area contributed by atoms with Crippen LogP contribution in [0.15, 0.2) is 21.8 Å². The number of hydrogen-bond donors (Lipinski definition) is 1. The molecule has 0 saturated carbocycles. The van der Waals surface area contributed by atoms with Crippen LogP contribution in [0.3, 0.4) is 0 Å². The molecule has 0 radical (unpaired) electrons. The quantitative estimate of drug-likeness (QED) is 0.593. The fourth-order valence-corrected chi connectivity index (χ4v) is 0.600. The maximum atomic E-state index is 9.11. The molecule has 1 heterocycles. The van der Waals surface area contributed by atoms with Crippen molar-refractivity contribution in [1.29, 1.82) is 0 Å². The fourth-order valence-electron chi connectivity index (χ4n) is 0.600. The molecule has 0 amide bonds. The normalized spacial score (nSPS) is 23.0. The Morgan fingerprint density at radius 3 is 2.82 bits per heavy atom. The molecule has 1 N–H and O–H groups in total. The summed E-state index contributed by atoms with van der Waals surface area (Å²) in [5, 5.41) is 9.11. The molecular formula is C7H12ClN2O+. The van der Waals surface area contributed by atoms with E-state index in [4.69, 9.17) is 5.11 Å². The van der Waals surface area contributed by atoms with Gasteiger partial charge in [0.05, 0.1) is 5.71 Å². The van der Waals surface area contributed by atoms with Crippen LogP contribution in [-0.4, -0.2) is 23.3 Å². The second-order valence-corrected chi connectivity index (χ2v) is 2.30. The molecule has 1 unspecified atom stereocenters. The first-order valence-corrected chi connectivity index (χ1v) is 3.12. The summed E-state index contributed by atoms with van der Waals surface area (Å²) in [6.45, 7) is 3.63. The van der Waals surface area contributed by atoms with E-state index >= 15 is 0 Å². The van der Waals surface area contributed by atoms with Crippen LogP contribution in [-0.2, 0) is 0 Å². The largest absolute Gasteiger partial charge is 1.00 e. The maximum absolute atomic E-state index is 9.11. The van der Waals surface area contributed by atoms with Gasteiger partial charge in [-0.05, 0) is 19.4 Å². The van der Waals surface area contributed by atoms with Crippen LogP contribution in [0.2, 0.25) is 0 Å². The van der Waals surface area contributed by atoms with E-state index in [0.29, 0.717) is 5.71 Å². The Balaban J connectivity index is 0. The molecule has 0 saturated heterocycles. The zero-order valence-corrected chi connectivity index (χ0v) is 7.30. The highest BCUT2D eigenvalue weighted by molar-refractivity contribution is 5.91. The number of aliphatic hydroxyl groups excluding tert-OH is 1. The average molecular weight is 176 g/mol. The van der Waals surface area contributed by atoms with E-state index in [1.807, 2.05) is 6.92 Å². The number of allylic oxidation sites excluding steroid dienone is 1. The Morgan fingerprint density at radius 1 is 1.55 bits per heavy atom. The van der Waals surface area contributed by atoms with Crippen molar-refractivity contribution in [2.24, 2.45) is 9.98 Å². The molecule has 0 bridgehead atoms. The van der Waals surface area contributed by atoms with Crippen LogP contribution < -0.4 is 0 Å². The first kappa shape index (κ1) is 10.3. The van der Waals surface area contributed by atoms with Gasteiger partial charge in [-0.2, -0.15) is 0 Å². The summed E-state index contributed by atoms with van der Waals surface area (Å²) in [5.74, 6) is 0. The van der Waals surface area contributed by atoms with Gasteiger partial charge in [-0.3, -0.25) is 9.98 Å². The van der Waals surface area contributed by atoms with Crippen LogP contribution in [0.4, 0.5) is 0 Å². The van der Waals surface area contributed by atoms with Crippen molar-refractivity contribution in [1.82, 2.24) is 0 Å². The van der Waals surface area contributed by atoms with E-state index in [-0.39, 0.29) is 13.8 Å². The summed E-state index contributed by atoms with van der Waals surface area (Å²) in [7, 11) is 0. The van der Waals surface area contributed by atoms with Crippen LogP contribution in [0.25, 0.3) is 0 Å². The summed E-state index contributed by atoms with van der Waals surface area (Å²) in [4.78, 5) is 7.78. The predicted octanol–water partition coefficient (Wildman–Crippen LogP) is 1.29. The number of nitrogens with zero attached hydrogens (tertiary/aromatic N) is 2. The van der Waals surface area contributed by atoms with Gasteiger partial charge in [0, 0.05) is 12.4 Å².